The first-order chi connectivity index (χ1) is 8.54. The SMILES string of the molecule is CSC(CO)C(C)Nc1ccc(C#N)c(Br)c1F. The van der Waals surface area contributed by atoms with Gasteiger partial charge in [-0.25, -0.2) is 4.39 Å². The molecule has 0 fully saturated rings. The topological polar surface area (TPSA) is 56.0 Å². The van der Waals surface area contributed by atoms with Crippen LogP contribution in [0.2, 0.25) is 0 Å². The van der Waals surface area contributed by atoms with Crippen LogP contribution < -0.4 is 5.32 Å². The number of anilines is 1. The van der Waals surface area contributed by atoms with E-state index in [-0.39, 0.29) is 27.9 Å². The van der Waals surface area contributed by atoms with Crippen LogP contribution in [0.25, 0.3) is 0 Å². The Labute approximate surface area is 119 Å². The average Bonchev–Trinajstić information content (AvgIpc) is 2.37. The largest absolute Gasteiger partial charge is 0.395 e. The van der Waals surface area contributed by atoms with E-state index in [0.29, 0.717) is 5.69 Å². The number of thioether (sulfide) groups is 1. The van der Waals surface area contributed by atoms with E-state index in [9.17, 15) is 9.50 Å². The predicted octanol–water partition coefficient (Wildman–Crippen LogP) is 2.98. The summed E-state index contributed by atoms with van der Waals surface area (Å²) >= 11 is 4.58. The molecule has 0 aliphatic carbocycles. The Morgan fingerprint density at radius 2 is 2.28 bits per heavy atom. The molecule has 2 atom stereocenters. The van der Waals surface area contributed by atoms with Crippen LogP contribution in [0.15, 0.2) is 16.6 Å². The second-order valence-corrected chi connectivity index (χ2v) is 5.66. The molecule has 1 aromatic carbocycles. The molecule has 18 heavy (non-hydrogen) atoms. The third-order valence-electron chi connectivity index (χ3n) is 2.63. The molecule has 0 spiro atoms. The standard InChI is InChI=1S/C12H14BrFN2OS/c1-7(10(6-17)18-2)16-9-4-3-8(5-15)11(13)12(9)14/h3-4,7,10,16-17H,6H2,1-2H3. The van der Waals surface area contributed by atoms with Crippen LogP contribution in [0.1, 0.15) is 12.5 Å². The van der Waals surface area contributed by atoms with Crippen molar-refractivity contribution in [2.24, 2.45) is 0 Å². The number of aliphatic hydroxyl groups excluding tert-OH is 1. The molecule has 0 aromatic heterocycles. The molecule has 1 aromatic rings. The van der Waals surface area contributed by atoms with Crippen molar-refractivity contribution in [3.63, 3.8) is 0 Å². The Bertz CT molecular complexity index is 460. The van der Waals surface area contributed by atoms with E-state index in [4.69, 9.17) is 5.26 Å². The minimum Gasteiger partial charge on any atom is -0.395 e. The molecule has 0 heterocycles. The van der Waals surface area contributed by atoms with Crippen molar-refractivity contribution in [2.45, 2.75) is 18.2 Å². The molecule has 0 bridgehead atoms. The summed E-state index contributed by atoms with van der Waals surface area (Å²) in [7, 11) is 0. The highest BCUT2D eigenvalue weighted by Gasteiger charge is 2.18. The molecule has 1 rings (SSSR count). The number of nitrogens with zero attached hydrogens (tertiary/aromatic N) is 1. The van der Waals surface area contributed by atoms with Crippen molar-refractivity contribution >= 4 is 33.4 Å². The van der Waals surface area contributed by atoms with E-state index in [1.54, 1.807) is 6.07 Å². The van der Waals surface area contributed by atoms with Gasteiger partial charge in [0.25, 0.3) is 0 Å². The van der Waals surface area contributed by atoms with Gasteiger partial charge in [0.1, 0.15) is 6.07 Å². The number of halogens is 2. The third-order valence-corrected chi connectivity index (χ3v) is 4.56. The van der Waals surface area contributed by atoms with Crippen LogP contribution in [0.3, 0.4) is 0 Å². The number of nitrogens with one attached hydrogen (secondary N) is 1. The first-order valence-electron chi connectivity index (χ1n) is 5.33. The van der Waals surface area contributed by atoms with E-state index in [2.05, 4.69) is 21.2 Å². The molecule has 0 saturated heterocycles. The number of nitriles is 1. The normalized spacial score (nSPS) is 13.8. The van der Waals surface area contributed by atoms with E-state index in [1.807, 2.05) is 19.2 Å². The van der Waals surface area contributed by atoms with Gasteiger partial charge < -0.3 is 10.4 Å². The summed E-state index contributed by atoms with van der Waals surface area (Å²) in [5, 5.41) is 20.9. The van der Waals surface area contributed by atoms with Gasteiger partial charge in [-0.15, -0.1) is 0 Å². The smallest absolute Gasteiger partial charge is 0.161 e. The van der Waals surface area contributed by atoms with E-state index in [1.165, 1.54) is 17.8 Å². The molecular formula is C12H14BrFN2OS. The summed E-state index contributed by atoms with van der Waals surface area (Å²) in [5.74, 6) is -0.487. The lowest BCUT2D eigenvalue weighted by atomic mass is 10.1. The summed E-state index contributed by atoms with van der Waals surface area (Å²) in [5.41, 5.74) is 0.579. The van der Waals surface area contributed by atoms with Gasteiger partial charge in [0.2, 0.25) is 0 Å². The number of benzene rings is 1. The van der Waals surface area contributed by atoms with Crippen molar-refractivity contribution in [3.8, 4) is 6.07 Å². The van der Waals surface area contributed by atoms with Gasteiger partial charge >= 0.3 is 0 Å². The van der Waals surface area contributed by atoms with Crippen LogP contribution in [0.4, 0.5) is 10.1 Å². The number of hydrogen-bond donors (Lipinski definition) is 2. The molecule has 0 amide bonds. The Kier molecular flexibility index (Phi) is 5.93. The zero-order chi connectivity index (χ0) is 13.7. The maximum absolute atomic E-state index is 14.0. The molecule has 0 radical (unpaired) electrons. The maximum atomic E-state index is 14.0. The zero-order valence-corrected chi connectivity index (χ0v) is 12.5. The summed E-state index contributed by atoms with van der Waals surface area (Å²) in [6, 6.07) is 4.90. The fourth-order valence-electron chi connectivity index (χ4n) is 1.52. The molecule has 0 saturated carbocycles. The van der Waals surface area contributed by atoms with Gasteiger partial charge in [0.15, 0.2) is 5.82 Å². The van der Waals surface area contributed by atoms with Gasteiger partial charge in [0.05, 0.1) is 22.3 Å². The average molecular weight is 333 g/mol. The van der Waals surface area contributed by atoms with Gasteiger partial charge in [-0.3, -0.25) is 0 Å². The molecule has 6 heteroatoms. The number of hydrogen-bond acceptors (Lipinski definition) is 4. The second kappa shape index (κ2) is 6.98. The molecule has 3 nitrogen and oxygen atoms in total. The molecule has 0 aliphatic rings. The summed E-state index contributed by atoms with van der Waals surface area (Å²) in [6.07, 6.45) is 1.89. The molecule has 2 unspecified atom stereocenters. The van der Waals surface area contributed by atoms with Gasteiger partial charge in [-0.1, -0.05) is 0 Å². The minimum atomic E-state index is -0.487. The van der Waals surface area contributed by atoms with Crippen LogP contribution in [-0.2, 0) is 0 Å². The third kappa shape index (κ3) is 3.37. The van der Waals surface area contributed by atoms with E-state index < -0.39 is 5.82 Å². The van der Waals surface area contributed by atoms with Crippen molar-refractivity contribution < 1.29 is 9.50 Å². The fraction of sp³-hybridized carbons (Fsp3) is 0.417. The zero-order valence-electron chi connectivity index (χ0n) is 10.1. The summed E-state index contributed by atoms with van der Waals surface area (Å²) in [4.78, 5) is 0. The maximum Gasteiger partial charge on any atom is 0.161 e. The molecule has 2 N–H and O–H groups in total. The van der Waals surface area contributed by atoms with E-state index >= 15 is 0 Å². The minimum absolute atomic E-state index is 0.0150. The van der Waals surface area contributed by atoms with Crippen molar-refractivity contribution in [3.05, 3.63) is 28.0 Å². The Morgan fingerprint density at radius 3 is 2.78 bits per heavy atom. The first-order valence-corrected chi connectivity index (χ1v) is 7.41. The lowest BCUT2D eigenvalue weighted by molar-refractivity contribution is 0.288. The van der Waals surface area contributed by atoms with Crippen molar-refractivity contribution in [1.82, 2.24) is 0 Å². The summed E-state index contributed by atoms with van der Waals surface area (Å²) in [6.45, 7) is 1.90. The van der Waals surface area contributed by atoms with Gasteiger partial charge in [0, 0.05) is 11.3 Å². The highest BCUT2D eigenvalue weighted by Crippen LogP contribution is 2.27. The lowest BCUT2D eigenvalue weighted by Crippen LogP contribution is -2.31. The monoisotopic (exact) mass is 332 g/mol. The molecule has 98 valence electrons. The Balaban J connectivity index is 2.93. The highest BCUT2D eigenvalue weighted by molar-refractivity contribution is 9.10. The van der Waals surface area contributed by atoms with Gasteiger partial charge in [-0.05, 0) is 41.2 Å². The first kappa shape index (κ1) is 15.3. The Morgan fingerprint density at radius 1 is 1.61 bits per heavy atom. The van der Waals surface area contributed by atoms with Crippen LogP contribution >= 0.6 is 27.7 Å². The van der Waals surface area contributed by atoms with Crippen molar-refractivity contribution in [1.29, 1.82) is 5.26 Å². The van der Waals surface area contributed by atoms with Crippen LogP contribution in [0, 0.1) is 17.1 Å². The van der Waals surface area contributed by atoms with Crippen molar-refractivity contribution in [2.75, 3.05) is 18.2 Å². The molecular weight excluding hydrogens is 319 g/mol. The van der Waals surface area contributed by atoms with Gasteiger partial charge in [-0.2, -0.15) is 17.0 Å². The highest BCUT2D eigenvalue weighted by atomic mass is 79.9. The van der Waals surface area contributed by atoms with Crippen LogP contribution in [-0.4, -0.2) is 29.3 Å². The quantitative estimate of drug-likeness (QED) is 0.870. The van der Waals surface area contributed by atoms with Crippen LogP contribution in [0.5, 0.6) is 0 Å². The molecule has 0 aliphatic heterocycles. The summed E-state index contributed by atoms with van der Waals surface area (Å²) < 4.78 is 14.1. The number of aliphatic hydroxyl groups is 1. The van der Waals surface area contributed by atoms with E-state index in [0.717, 1.165) is 0 Å². The Hall–Kier alpha value is -0.770. The lowest BCUT2D eigenvalue weighted by Gasteiger charge is -2.23. The predicted molar refractivity (Wildman–Crippen MR) is 76.3 cm³/mol. The second-order valence-electron chi connectivity index (χ2n) is 3.79. The number of rotatable bonds is 5. The fourth-order valence-corrected chi connectivity index (χ4v) is 2.58.